The maximum absolute atomic E-state index is 13.5. The van der Waals surface area contributed by atoms with E-state index in [9.17, 15) is 49.2 Å². The van der Waals surface area contributed by atoms with Crippen LogP contribution in [-0.4, -0.2) is 78.8 Å². The number of nitrogens with zero attached hydrogens (tertiary/aromatic N) is 1. The lowest BCUT2D eigenvalue weighted by Crippen LogP contribution is -2.71. The molecule has 1 fully saturated rings. The highest BCUT2D eigenvalue weighted by atomic mass is 32.2. The molecule has 3 atom stereocenters. The number of carbonyl (C=O) groups excluding carboxylic acids is 4. The van der Waals surface area contributed by atoms with Crippen LogP contribution in [0.1, 0.15) is 28.9 Å². The SMILES string of the molecule is CC(=O)OCC1=C(C(=O)O)N2C(=O)[C@@H](NC(=O)C(NC(=O)c3coc4cc(O)c(O)cc4c3=O)c3ccc(O)cc3)[C@@H]2SC1. The van der Waals surface area contributed by atoms with Crippen LogP contribution in [0, 0.1) is 0 Å². The number of hydrogen-bond acceptors (Lipinski definition) is 12. The van der Waals surface area contributed by atoms with Crippen molar-refractivity contribution in [2.75, 3.05) is 12.4 Å². The number of phenols is 3. The minimum atomic E-state index is -1.50. The number of amides is 3. The predicted molar refractivity (Wildman–Crippen MR) is 150 cm³/mol. The Morgan fingerprint density at radius 1 is 1.09 bits per heavy atom. The van der Waals surface area contributed by atoms with Gasteiger partial charge in [0.2, 0.25) is 11.3 Å². The number of esters is 1. The molecule has 0 radical (unpaired) electrons. The highest BCUT2D eigenvalue weighted by Gasteiger charge is 2.54. The number of aromatic hydroxyl groups is 3. The summed E-state index contributed by atoms with van der Waals surface area (Å²) in [6, 6.07) is 4.40. The van der Waals surface area contributed by atoms with Crippen molar-refractivity contribution in [3.8, 4) is 17.2 Å². The third kappa shape index (κ3) is 5.49. The van der Waals surface area contributed by atoms with Gasteiger partial charge in [-0.15, -0.1) is 11.8 Å². The van der Waals surface area contributed by atoms with Gasteiger partial charge in [0, 0.05) is 24.3 Å². The van der Waals surface area contributed by atoms with Crippen LogP contribution >= 0.6 is 11.8 Å². The van der Waals surface area contributed by atoms with Gasteiger partial charge in [0.1, 0.15) is 52.9 Å². The average molecular weight is 626 g/mol. The van der Waals surface area contributed by atoms with Gasteiger partial charge in [-0.3, -0.25) is 28.9 Å². The van der Waals surface area contributed by atoms with Crippen LogP contribution in [0.3, 0.4) is 0 Å². The second kappa shape index (κ2) is 11.6. The Kier molecular flexibility index (Phi) is 7.93. The summed E-state index contributed by atoms with van der Waals surface area (Å²) in [4.78, 5) is 77.1. The van der Waals surface area contributed by atoms with E-state index in [-0.39, 0.29) is 45.9 Å². The van der Waals surface area contributed by atoms with Crippen molar-refractivity contribution < 1.29 is 53.6 Å². The third-order valence-electron chi connectivity index (χ3n) is 6.88. The molecule has 3 aromatic rings. The number of carboxylic acids is 1. The zero-order valence-corrected chi connectivity index (χ0v) is 23.4. The van der Waals surface area contributed by atoms with Crippen LogP contribution in [0.4, 0.5) is 0 Å². The maximum Gasteiger partial charge on any atom is 0.352 e. The van der Waals surface area contributed by atoms with E-state index in [1.165, 1.54) is 24.3 Å². The van der Waals surface area contributed by atoms with Gasteiger partial charge in [-0.05, 0) is 23.8 Å². The van der Waals surface area contributed by atoms with Crippen LogP contribution in [0.15, 0.2) is 63.1 Å². The Morgan fingerprint density at radius 2 is 1.77 bits per heavy atom. The van der Waals surface area contributed by atoms with Gasteiger partial charge in [-0.1, -0.05) is 12.1 Å². The first kappa shape index (κ1) is 30.0. The summed E-state index contributed by atoms with van der Waals surface area (Å²) in [7, 11) is 0. The van der Waals surface area contributed by atoms with Crippen LogP contribution in [0.2, 0.25) is 0 Å². The molecule has 1 unspecified atom stereocenters. The second-order valence-electron chi connectivity index (χ2n) is 9.75. The Labute approximate surface area is 250 Å². The van der Waals surface area contributed by atoms with Gasteiger partial charge in [0.05, 0.1) is 5.39 Å². The number of rotatable bonds is 8. The van der Waals surface area contributed by atoms with E-state index in [0.29, 0.717) is 0 Å². The number of benzene rings is 2. The molecule has 228 valence electrons. The topological polar surface area (TPSA) is 233 Å². The number of fused-ring (bicyclic) bond motifs is 2. The molecule has 6 N–H and O–H groups in total. The summed E-state index contributed by atoms with van der Waals surface area (Å²) in [6.45, 7) is 0.836. The number of phenolic OH excluding ortho intramolecular Hbond substituents is 3. The fourth-order valence-corrected chi connectivity index (χ4v) is 6.03. The Bertz CT molecular complexity index is 1820. The van der Waals surface area contributed by atoms with Crippen molar-refractivity contribution in [2.45, 2.75) is 24.4 Å². The lowest BCUT2D eigenvalue weighted by atomic mass is 10.0. The molecular weight excluding hydrogens is 602 g/mol. The quantitative estimate of drug-likeness (QED) is 0.115. The van der Waals surface area contributed by atoms with Crippen molar-refractivity contribution in [1.82, 2.24) is 15.5 Å². The summed E-state index contributed by atoms with van der Waals surface area (Å²) in [5, 5.41) is 42.8. The van der Waals surface area contributed by atoms with E-state index in [4.69, 9.17) is 9.15 Å². The maximum atomic E-state index is 13.5. The lowest BCUT2D eigenvalue weighted by molar-refractivity contribution is -0.151. The monoisotopic (exact) mass is 625 g/mol. The van der Waals surface area contributed by atoms with Crippen molar-refractivity contribution >= 4 is 52.4 Å². The van der Waals surface area contributed by atoms with E-state index in [0.717, 1.165) is 42.0 Å². The highest BCUT2D eigenvalue weighted by molar-refractivity contribution is 8.00. The highest BCUT2D eigenvalue weighted by Crippen LogP contribution is 2.40. The molecular formula is C28H23N3O12S. The summed E-state index contributed by atoms with van der Waals surface area (Å²) in [5.74, 6) is -5.95. The average Bonchev–Trinajstić information content (AvgIpc) is 2.98. The van der Waals surface area contributed by atoms with E-state index >= 15 is 0 Å². The number of carbonyl (C=O) groups is 5. The summed E-state index contributed by atoms with van der Waals surface area (Å²) >= 11 is 1.14. The fraction of sp³-hybridized carbons (Fsp3) is 0.214. The molecule has 3 amide bonds. The van der Waals surface area contributed by atoms with Crippen LogP contribution in [0.5, 0.6) is 17.2 Å². The number of aliphatic carboxylic acids is 1. The first-order valence-electron chi connectivity index (χ1n) is 12.8. The van der Waals surface area contributed by atoms with Crippen molar-refractivity contribution in [2.24, 2.45) is 0 Å². The van der Waals surface area contributed by atoms with Gasteiger partial charge < -0.3 is 40.2 Å². The molecule has 2 aliphatic heterocycles. The minimum absolute atomic E-state index is 0.0962. The molecule has 44 heavy (non-hydrogen) atoms. The molecule has 0 spiro atoms. The van der Waals surface area contributed by atoms with Crippen molar-refractivity contribution in [3.05, 3.63) is 75.3 Å². The van der Waals surface area contributed by atoms with E-state index < -0.39 is 69.6 Å². The van der Waals surface area contributed by atoms with Crippen molar-refractivity contribution in [3.63, 3.8) is 0 Å². The fourth-order valence-electron chi connectivity index (χ4n) is 4.71. The summed E-state index contributed by atoms with van der Waals surface area (Å²) in [5.41, 5.74) is -1.50. The molecule has 0 bridgehead atoms. The molecule has 1 aromatic heterocycles. The number of ether oxygens (including phenoxy) is 1. The number of thioether (sulfide) groups is 1. The number of hydrogen-bond donors (Lipinski definition) is 6. The molecule has 0 aliphatic carbocycles. The summed E-state index contributed by atoms with van der Waals surface area (Å²) in [6.07, 6.45) is 0.821. The zero-order chi connectivity index (χ0) is 31.9. The van der Waals surface area contributed by atoms with E-state index in [1.54, 1.807) is 0 Å². The van der Waals surface area contributed by atoms with Gasteiger partial charge in [-0.2, -0.15) is 0 Å². The Balaban J connectivity index is 1.40. The molecule has 2 aromatic carbocycles. The van der Waals surface area contributed by atoms with E-state index in [2.05, 4.69) is 10.6 Å². The van der Waals surface area contributed by atoms with Gasteiger partial charge in [-0.25, -0.2) is 4.79 Å². The molecule has 5 rings (SSSR count). The molecule has 3 heterocycles. The molecule has 2 aliphatic rings. The molecule has 15 nitrogen and oxygen atoms in total. The molecule has 1 saturated heterocycles. The van der Waals surface area contributed by atoms with Gasteiger partial charge in [0.15, 0.2) is 11.5 Å². The zero-order valence-electron chi connectivity index (χ0n) is 22.6. The smallest absolute Gasteiger partial charge is 0.352 e. The van der Waals surface area contributed by atoms with Crippen LogP contribution < -0.4 is 16.1 Å². The third-order valence-corrected chi connectivity index (χ3v) is 8.22. The summed E-state index contributed by atoms with van der Waals surface area (Å²) < 4.78 is 10.2. The first-order chi connectivity index (χ1) is 20.9. The van der Waals surface area contributed by atoms with Gasteiger partial charge in [0.25, 0.3) is 11.8 Å². The largest absolute Gasteiger partial charge is 0.508 e. The Morgan fingerprint density at radius 3 is 2.43 bits per heavy atom. The second-order valence-corrected chi connectivity index (χ2v) is 10.9. The molecule has 0 saturated carbocycles. The minimum Gasteiger partial charge on any atom is -0.508 e. The number of carboxylic acid groups (broad SMARTS) is 1. The van der Waals surface area contributed by atoms with E-state index in [1.807, 2.05) is 0 Å². The lowest BCUT2D eigenvalue weighted by Gasteiger charge is -2.49. The molecule has 16 heteroatoms. The van der Waals surface area contributed by atoms with Crippen molar-refractivity contribution in [1.29, 1.82) is 0 Å². The number of nitrogens with one attached hydrogen (secondary N) is 2. The normalized spacial score (nSPS) is 18.2. The van der Waals surface area contributed by atoms with Crippen LogP contribution in [0.25, 0.3) is 11.0 Å². The first-order valence-corrected chi connectivity index (χ1v) is 13.8. The standard InChI is InChI=1S/C28H23N3O12S/c1-11(32)42-8-13-10-44-27-21(26(39)31(27)22(13)28(40)41)30-25(38)20(12-2-4-14(33)5-3-12)29-24(37)16-9-43-19-7-18(35)17(34)6-15(19)23(16)36/h2-7,9,20-21,27,33-35H,8,10H2,1H3,(H,29,37)(H,30,38)(H,40,41)/t20?,21-,27+/m1/s1. The van der Waals surface area contributed by atoms with Crippen LogP contribution in [-0.2, 0) is 23.9 Å². The predicted octanol–water partition coefficient (Wildman–Crippen LogP) is 0.683. The van der Waals surface area contributed by atoms with Gasteiger partial charge >= 0.3 is 11.9 Å². The number of β-lactam (4-membered cyclic amide) rings is 1. The Hall–Kier alpha value is -5.51.